The average molecular weight is 595 g/mol. The van der Waals surface area contributed by atoms with E-state index in [0.29, 0.717) is 5.92 Å². The maximum atomic E-state index is 5.30. The maximum Gasteiger partial charge on any atom is 0.132 e. The van der Waals surface area contributed by atoms with Crippen LogP contribution in [0.3, 0.4) is 0 Å². The van der Waals surface area contributed by atoms with Gasteiger partial charge in [-0.15, -0.1) is 0 Å². The number of aliphatic imine (C=N–C) groups is 1. The van der Waals surface area contributed by atoms with E-state index in [9.17, 15) is 0 Å². The summed E-state index contributed by atoms with van der Waals surface area (Å²) in [6.07, 6.45) is 28.2. The van der Waals surface area contributed by atoms with Crippen molar-refractivity contribution in [2.75, 3.05) is 0 Å². The zero-order chi connectivity index (χ0) is 30.6. The van der Waals surface area contributed by atoms with Gasteiger partial charge in [-0.25, -0.2) is 0 Å². The Morgan fingerprint density at radius 1 is 0.652 bits per heavy atom. The van der Waals surface area contributed by atoms with Gasteiger partial charge < -0.3 is 4.90 Å². The number of allylic oxidation sites excluding steroid dienone is 10. The third-order valence-corrected chi connectivity index (χ3v) is 10.6. The lowest BCUT2D eigenvalue weighted by Gasteiger charge is -2.34. The molecule has 0 N–H and O–H groups in total. The van der Waals surface area contributed by atoms with E-state index in [0.717, 1.165) is 37.9 Å². The molecule has 0 bridgehead atoms. The lowest BCUT2D eigenvalue weighted by molar-refractivity contribution is 0.426. The van der Waals surface area contributed by atoms with Gasteiger partial charge in [0.1, 0.15) is 5.84 Å². The molecule has 2 nitrogen and oxygen atoms in total. The van der Waals surface area contributed by atoms with Crippen molar-refractivity contribution in [3.8, 4) is 0 Å². The van der Waals surface area contributed by atoms with Crippen molar-refractivity contribution in [3.05, 3.63) is 161 Å². The summed E-state index contributed by atoms with van der Waals surface area (Å²) in [6.45, 7) is 2.33. The van der Waals surface area contributed by atoms with Crippen molar-refractivity contribution in [2.24, 2.45) is 10.9 Å². The summed E-state index contributed by atoms with van der Waals surface area (Å²) in [5.74, 6) is 1.63. The van der Waals surface area contributed by atoms with Crippen molar-refractivity contribution in [3.63, 3.8) is 0 Å². The highest BCUT2D eigenvalue weighted by Crippen LogP contribution is 2.45. The molecule has 4 aromatic carbocycles. The minimum absolute atomic E-state index is 0.173. The second-order valence-electron chi connectivity index (χ2n) is 13.3. The van der Waals surface area contributed by atoms with Gasteiger partial charge in [0.2, 0.25) is 0 Å². The first-order valence-electron chi connectivity index (χ1n) is 17.0. The lowest BCUT2D eigenvalue weighted by Crippen LogP contribution is -2.39. The highest BCUT2D eigenvalue weighted by Gasteiger charge is 2.38. The summed E-state index contributed by atoms with van der Waals surface area (Å²) in [5, 5.41) is 5.44. The van der Waals surface area contributed by atoms with Crippen LogP contribution in [0.2, 0.25) is 0 Å². The first-order valence-corrected chi connectivity index (χ1v) is 17.0. The van der Waals surface area contributed by atoms with Crippen molar-refractivity contribution >= 4 is 44.6 Å². The van der Waals surface area contributed by atoms with Gasteiger partial charge in [-0.2, -0.15) is 0 Å². The van der Waals surface area contributed by atoms with Gasteiger partial charge in [-0.05, 0) is 105 Å². The van der Waals surface area contributed by atoms with Gasteiger partial charge in [-0.3, -0.25) is 4.99 Å². The lowest BCUT2D eigenvalue weighted by atomic mass is 9.80. The largest absolute Gasteiger partial charge is 0.321 e. The fraction of sp³-hybridized carbons (Fsp3) is 0.205. The Labute approximate surface area is 271 Å². The molecule has 0 saturated heterocycles. The van der Waals surface area contributed by atoms with Crippen molar-refractivity contribution in [1.82, 2.24) is 4.90 Å². The first kappa shape index (κ1) is 27.4. The third kappa shape index (κ3) is 4.42. The maximum absolute atomic E-state index is 5.30. The fourth-order valence-electron chi connectivity index (χ4n) is 8.35. The molecular formula is C44H38N2. The molecule has 3 atom stereocenters. The normalized spacial score (nSPS) is 23.5. The number of aryl methyl sites for hydroxylation is 1. The average Bonchev–Trinajstić information content (AvgIpc) is 3.50. The molecule has 0 fully saturated rings. The van der Waals surface area contributed by atoms with Gasteiger partial charge in [0, 0.05) is 5.70 Å². The van der Waals surface area contributed by atoms with E-state index in [1.807, 2.05) is 0 Å². The van der Waals surface area contributed by atoms with E-state index in [1.165, 1.54) is 66.2 Å². The monoisotopic (exact) mass is 594 g/mol. The molecule has 3 unspecified atom stereocenters. The Hall–Kier alpha value is -4.95. The summed E-state index contributed by atoms with van der Waals surface area (Å²) in [7, 11) is 0. The number of fused-ring (bicyclic) bond motifs is 4. The number of hydrogen-bond donors (Lipinski definition) is 0. The minimum Gasteiger partial charge on any atom is -0.321 e. The molecule has 0 aromatic heterocycles. The summed E-state index contributed by atoms with van der Waals surface area (Å²) < 4.78 is 0. The molecule has 4 aromatic rings. The molecule has 9 rings (SSSR count). The second kappa shape index (κ2) is 11.1. The van der Waals surface area contributed by atoms with Crippen molar-refractivity contribution in [1.29, 1.82) is 0 Å². The minimum atomic E-state index is 0.173. The zero-order valence-electron chi connectivity index (χ0n) is 26.4. The van der Waals surface area contributed by atoms with Gasteiger partial charge in [0.15, 0.2) is 0 Å². The Morgan fingerprint density at radius 2 is 1.33 bits per heavy atom. The zero-order valence-corrected chi connectivity index (χ0v) is 26.4. The predicted octanol–water partition coefficient (Wildman–Crippen LogP) is 10.6. The highest BCUT2D eigenvalue weighted by atomic mass is 15.3. The number of nitrogens with zero attached hydrogens (tertiary/aromatic N) is 2. The molecule has 2 heteroatoms. The topological polar surface area (TPSA) is 15.6 Å². The molecule has 0 radical (unpaired) electrons. The van der Waals surface area contributed by atoms with Crippen LogP contribution >= 0.6 is 0 Å². The number of hydrogen-bond acceptors (Lipinski definition) is 2. The van der Waals surface area contributed by atoms with E-state index in [2.05, 4.69) is 145 Å². The van der Waals surface area contributed by atoms with Crippen LogP contribution in [0.1, 0.15) is 54.9 Å². The van der Waals surface area contributed by atoms with Crippen molar-refractivity contribution < 1.29 is 0 Å². The van der Waals surface area contributed by atoms with E-state index >= 15 is 0 Å². The molecule has 224 valence electrons. The smallest absolute Gasteiger partial charge is 0.132 e. The van der Waals surface area contributed by atoms with E-state index in [-0.39, 0.29) is 12.1 Å². The van der Waals surface area contributed by atoms with E-state index in [4.69, 9.17) is 4.99 Å². The molecule has 5 aliphatic rings. The van der Waals surface area contributed by atoms with Crippen LogP contribution in [-0.2, 0) is 6.42 Å². The molecule has 1 aliphatic heterocycles. The fourth-order valence-corrected chi connectivity index (χ4v) is 8.35. The van der Waals surface area contributed by atoms with Crippen LogP contribution in [0.15, 0.2) is 144 Å². The summed E-state index contributed by atoms with van der Waals surface area (Å²) >= 11 is 0. The van der Waals surface area contributed by atoms with Crippen LogP contribution in [0.25, 0.3) is 38.8 Å². The molecule has 46 heavy (non-hydrogen) atoms. The van der Waals surface area contributed by atoms with Crippen LogP contribution < -0.4 is 0 Å². The van der Waals surface area contributed by atoms with E-state index < -0.39 is 0 Å². The van der Waals surface area contributed by atoms with Gasteiger partial charge >= 0.3 is 0 Å². The Kier molecular flexibility index (Phi) is 6.63. The highest BCUT2D eigenvalue weighted by molar-refractivity contribution is 6.17. The summed E-state index contributed by atoms with van der Waals surface area (Å²) in [6, 6.07) is 27.5. The van der Waals surface area contributed by atoms with Crippen molar-refractivity contribution in [2.45, 2.75) is 51.1 Å². The first-order chi connectivity index (χ1) is 22.7. The second-order valence-corrected chi connectivity index (χ2v) is 13.3. The molecule has 0 saturated carbocycles. The van der Waals surface area contributed by atoms with Gasteiger partial charge in [-0.1, -0.05) is 134 Å². The Balaban J connectivity index is 1.17. The molecular weight excluding hydrogens is 556 g/mol. The Bertz CT molecular complexity index is 2100. The Morgan fingerprint density at radius 3 is 2.04 bits per heavy atom. The van der Waals surface area contributed by atoms with Crippen LogP contribution in [-0.4, -0.2) is 22.8 Å². The summed E-state index contributed by atoms with van der Waals surface area (Å²) in [4.78, 5) is 7.85. The number of benzene rings is 4. The summed E-state index contributed by atoms with van der Waals surface area (Å²) in [5.41, 5.74) is 11.2. The van der Waals surface area contributed by atoms with Gasteiger partial charge in [0.05, 0.1) is 12.1 Å². The van der Waals surface area contributed by atoms with Gasteiger partial charge in [0.25, 0.3) is 0 Å². The molecule has 0 amide bonds. The standard InChI is InChI=1S/C44H38N2/c1-29-12-2-5-15-35(29)44-45-40-20-10-11-21-41(40)46(44)34-26-24-31(25-27-34)42-36-16-6-8-18-38(36)43(39-19-9-7-17-37(39)42)33-23-22-30-13-3-4-14-32(30)28-33/h2-11,13-21,24,26,28-29,40-41H,12,22-23,25,27H2,1H3. The van der Waals surface area contributed by atoms with Crippen LogP contribution in [0.4, 0.5) is 0 Å². The quantitative estimate of drug-likeness (QED) is 0.215. The SMILES string of the molecule is CC1CC=CC=C1C1=NC2C=CC=CC2N1C1=CC=C(c2c3ccccc3c(C3=Cc4ccccc4CC3)c3ccccc23)CC1. The third-order valence-electron chi connectivity index (χ3n) is 10.6. The van der Waals surface area contributed by atoms with Crippen LogP contribution in [0, 0.1) is 5.92 Å². The number of amidine groups is 1. The molecule has 0 spiro atoms. The molecule has 1 heterocycles. The predicted molar refractivity (Wildman–Crippen MR) is 196 cm³/mol. The van der Waals surface area contributed by atoms with E-state index in [1.54, 1.807) is 0 Å². The number of rotatable bonds is 4. The van der Waals surface area contributed by atoms with Crippen LogP contribution in [0.5, 0.6) is 0 Å². The molecule has 4 aliphatic carbocycles.